The van der Waals surface area contributed by atoms with Crippen LogP contribution in [0.2, 0.25) is 0 Å². The zero-order valence-electron chi connectivity index (χ0n) is 32.6. The lowest BCUT2D eigenvalue weighted by molar-refractivity contribution is -0.130. The van der Waals surface area contributed by atoms with Crippen LogP contribution in [0.4, 0.5) is 0 Å². The van der Waals surface area contributed by atoms with Gasteiger partial charge >= 0.3 is 0 Å². The van der Waals surface area contributed by atoms with E-state index in [0.29, 0.717) is 65.7 Å². The minimum atomic E-state index is 0.0855. The van der Waals surface area contributed by atoms with Crippen LogP contribution in [0.25, 0.3) is 0 Å². The predicted octanol–water partition coefficient (Wildman–Crippen LogP) is 8.73. The molecule has 0 unspecified atom stereocenters. The summed E-state index contributed by atoms with van der Waals surface area (Å²) in [5.41, 5.74) is 3.19. The summed E-state index contributed by atoms with van der Waals surface area (Å²) in [6.07, 6.45) is 26.7. The quantitative estimate of drug-likeness (QED) is 0.260. The SMILES string of the molecule is CC(=O)[C@H]1CC[C@H]2[C@@H]3C=CC4=CC(=O)CC[C@@]4(C)[C@@H]3CC[C@]12CCCO.CC(=O)[C@H]1CC[C@H]2[C@@H]3CCC4=CC(=O)CC[C@@]4(C)[C@@H]3CC[C@]12CCCO. The molecule has 6 heteroatoms. The standard InChI is InChI=1S/C23H34O3.C23H32O3/c2*1-15(25)19-6-7-21-18-5-4-16-14-17(26)8-11-22(16,2)20(18)9-12-23(19,21)10-3-13-24/h14,18-21,24H,3-13H2,1-2H3;4-5,14,18-21,24H,3,6-13H2,1-2H3/t2*18-,19-,20-,21+,22-,23-/m11/s1. The second-order valence-electron chi connectivity index (χ2n) is 19.3. The van der Waals surface area contributed by atoms with Gasteiger partial charge in [-0.05, 0) is 191 Å². The molecule has 0 bridgehead atoms. The lowest BCUT2D eigenvalue weighted by Gasteiger charge is -2.59. The maximum Gasteiger partial charge on any atom is 0.156 e. The molecule has 8 aliphatic carbocycles. The van der Waals surface area contributed by atoms with Crippen LogP contribution < -0.4 is 0 Å². The van der Waals surface area contributed by atoms with Crippen LogP contribution in [0.1, 0.15) is 143 Å². The summed E-state index contributed by atoms with van der Waals surface area (Å²) >= 11 is 0. The van der Waals surface area contributed by atoms with Gasteiger partial charge in [-0.2, -0.15) is 0 Å². The minimum absolute atomic E-state index is 0.0855. The largest absolute Gasteiger partial charge is 0.396 e. The van der Waals surface area contributed by atoms with Crippen molar-refractivity contribution in [3.8, 4) is 0 Å². The van der Waals surface area contributed by atoms with E-state index in [1.54, 1.807) is 13.8 Å². The Balaban J connectivity index is 0.000000162. The number of carbonyl (C=O) groups excluding carboxylic acids is 4. The summed E-state index contributed by atoms with van der Waals surface area (Å²) < 4.78 is 0. The Morgan fingerprint density at radius 3 is 1.83 bits per heavy atom. The zero-order valence-corrected chi connectivity index (χ0v) is 32.6. The minimum Gasteiger partial charge on any atom is -0.396 e. The summed E-state index contributed by atoms with van der Waals surface area (Å²) in [6, 6.07) is 0. The molecule has 0 spiro atoms. The Hall–Kier alpha value is -2.18. The highest BCUT2D eigenvalue weighted by Crippen LogP contribution is 2.69. The molecule has 8 aliphatic rings. The summed E-state index contributed by atoms with van der Waals surface area (Å²) in [4.78, 5) is 48.7. The second-order valence-corrected chi connectivity index (χ2v) is 19.3. The highest BCUT2D eigenvalue weighted by atomic mass is 16.3. The van der Waals surface area contributed by atoms with E-state index in [9.17, 15) is 29.4 Å². The third kappa shape index (κ3) is 6.03. The van der Waals surface area contributed by atoms with Gasteiger partial charge in [0.05, 0.1) is 0 Å². The van der Waals surface area contributed by atoms with Crippen molar-refractivity contribution in [2.45, 2.75) is 143 Å². The number of rotatable bonds is 8. The molecule has 5 fully saturated rings. The average Bonchev–Trinajstić information content (AvgIpc) is 3.71. The first-order chi connectivity index (χ1) is 24.8. The van der Waals surface area contributed by atoms with Crippen LogP contribution in [0.15, 0.2) is 35.5 Å². The van der Waals surface area contributed by atoms with Crippen molar-refractivity contribution >= 4 is 23.1 Å². The van der Waals surface area contributed by atoms with Crippen LogP contribution in [-0.2, 0) is 19.2 Å². The Kier molecular flexibility index (Phi) is 10.6. The fourth-order valence-electron chi connectivity index (χ4n) is 15.2. The van der Waals surface area contributed by atoms with Crippen molar-refractivity contribution in [2.24, 2.45) is 69.0 Å². The molecule has 0 aromatic carbocycles. The van der Waals surface area contributed by atoms with Gasteiger partial charge in [-0.1, -0.05) is 31.6 Å². The monoisotopic (exact) mass is 714 g/mol. The third-order valence-electron chi connectivity index (χ3n) is 17.5. The van der Waals surface area contributed by atoms with E-state index in [4.69, 9.17) is 0 Å². The van der Waals surface area contributed by atoms with Gasteiger partial charge in [0.2, 0.25) is 0 Å². The van der Waals surface area contributed by atoms with Crippen LogP contribution >= 0.6 is 0 Å². The predicted molar refractivity (Wildman–Crippen MR) is 203 cm³/mol. The summed E-state index contributed by atoms with van der Waals surface area (Å²) in [6.45, 7) is 8.79. The first-order valence-corrected chi connectivity index (χ1v) is 21.2. The average molecular weight is 715 g/mol. The van der Waals surface area contributed by atoms with Gasteiger partial charge < -0.3 is 10.2 Å². The van der Waals surface area contributed by atoms with Gasteiger partial charge in [-0.25, -0.2) is 0 Å². The van der Waals surface area contributed by atoms with E-state index in [2.05, 4.69) is 26.0 Å². The van der Waals surface area contributed by atoms with Crippen molar-refractivity contribution in [1.29, 1.82) is 0 Å². The number of aliphatic hydroxyl groups excluding tert-OH is 2. The number of fused-ring (bicyclic) bond motifs is 10. The molecule has 0 saturated heterocycles. The van der Waals surface area contributed by atoms with Crippen molar-refractivity contribution in [3.05, 3.63) is 35.5 Å². The maximum absolute atomic E-state index is 12.4. The van der Waals surface area contributed by atoms with Crippen molar-refractivity contribution in [1.82, 2.24) is 0 Å². The van der Waals surface area contributed by atoms with Gasteiger partial charge in [0.15, 0.2) is 11.6 Å². The van der Waals surface area contributed by atoms with Gasteiger partial charge in [-0.15, -0.1) is 0 Å². The van der Waals surface area contributed by atoms with Crippen molar-refractivity contribution in [2.75, 3.05) is 13.2 Å². The van der Waals surface area contributed by atoms with Crippen LogP contribution in [0.5, 0.6) is 0 Å². The third-order valence-corrected chi connectivity index (χ3v) is 17.5. The highest BCUT2D eigenvalue weighted by Gasteiger charge is 2.62. The normalized spacial score (nSPS) is 44.4. The molecule has 286 valence electrons. The van der Waals surface area contributed by atoms with Gasteiger partial charge in [-0.3, -0.25) is 19.2 Å². The molecule has 0 aromatic rings. The lowest BCUT2D eigenvalue weighted by atomic mass is 9.46. The number of hydrogen-bond acceptors (Lipinski definition) is 6. The number of Topliss-reactive ketones (excluding diaryl/α,β-unsaturated/α-hetero) is 2. The van der Waals surface area contributed by atoms with Gasteiger partial charge in [0.1, 0.15) is 11.6 Å². The molecular formula is C46H66O6. The fraction of sp³-hybridized carbons (Fsp3) is 0.783. The molecule has 0 radical (unpaired) electrons. The Morgan fingerprint density at radius 1 is 0.654 bits per heavy atom. The van der Waals surface area contributed by atoms with E-state index < -0.39 is 0 Å². The number of aliphatic hydroxyl groups is 2. The maximum atomic E-state index is 12.4. The van der Waals surface area contributed by atoms with E-state index in [0.717, 1.165) is 83.5 Å². The van der Waals surface area contributed by atoms with E-state index in [1.807, 2.05) is 12.2 Å². The molecule has 52 heavy (non-hydrogen) atoms. The van der Waals surface area contributed by atoms with Crippen LogP contribution in [0, 0.1) is 69.0 Å². The number of ketones is 4. The van der Waals surface area contributed by atoms with E-state index in [1.165, 1.54) is 30.4 Å². The number of carbonyl (C=O) groups is 4. The summed E-state index contributed by atoms with van der Waals surface area (Å²) in [7, 11) is 0. The topological polar surface area (TPSA) is 109 Å². The molecule has 0 heterocycles. The number of allylic oxidation sites excluding steroid dienone is 5. The molecule has 12 atom stereocenters. The highest BCUT2D eigenvalue weighted by molar-refractivity contribution is 5.92. The zero-order chi connectivity index (χ0) is 37.1. The second kappa shape index (κ2) is 14.5. The van der Waals surface area contributed by atoms with Crippen LogP contribution in [0.3, 0.4) is 0 Å². The lowest BCUT2D eigenvalue weighted by Crippen LogP contribution is -2.52. The number of hydrogen-bond donors (Lipinski definition) is 2. The van der Waals surface area contributed by atoms with Crippen molar-refractivity contribution in [3.63, 3.8) is 0 Å². The fourth-order valence-corrected chi connectivity index (χ4v) is 15.2. The first-order valence-electron chi connectivity index (χ1n) is 21.2. The first kappa shape index (κ1) is 38.1. The van der Waals surface area contributed by atoms with Gasteiger partial charge in [0.25, 0.3) is 0 Å². The molecule has 6 nitrogen and oxygen atoms in total. The molecule has 0 amide bonds. The molecule has 8 rings (SSSR count). The molecule has 2 N–H and O–H groups in total. The summed E-state index contributed by atoms with van der Waals surface area (Å²) in [5.74, 6) is 5.35. The molecule has 0 aliphatic heterocycles. The molecule has 0 aromatic heterocycles. The van der Waals surface area contributed by atoms with E-state index >= 15 is 0 Å². The van der Waals surface area contributed by atoms with Crippen LogP contribution in [-0.4, -0.2) is 46.6 Å². The summed E-state index contributed by atoms with van der Waals surface area (Å²) in [5, 5.41) is 18.9. The smallest absolute Gasteiger partial charge is 0.156 e. The van der Waals surface area contributed by atoms with E-state index in [-0.39, 0.29) is 52.5 Å². The molecule has 5 saturated carbocycles. The van der Waals surface area contributed by atoms with Gasteiger partial charge in [0, 0.05) is 37.9 Å². The Morgan fingerprint density at radius 2 is 1.21 bits per heavy atom. The Labute approximate surface area is 312 Å². The van der Waals surface area contributed by atoms with Crippen molar-refractivity contribution < 1.29 is 29.4 Å². The molecular weight excluding hydrogens is 649 g/mol. The Bertz CT molecular complexity index is 1540.